The molecule has 0 bridgehead atoms. The van der Waals surface area contributed by atoms with Gasteiger partial charge in [-0.25, -0.2) is 0 Å². The highest BCUT2D eigenvalue weighted by atomic mass is 16.7. The van der Waals surface area contributed by atoms with Gasteiger partial charge in [-0.2, -0.15) is 0 Å². The Morgan fingerprint density at radius 2 is 2.06 bits per heavy atom. The maximum absolute atomic E-state index is 11.9. The number of carbonyl (C=O) groups is 2. The van der Waals surface area contributed by atoms with Crippen molar-refractivity contribution in [1.82, 2.24) is 0 Å². The second kappa shape index (κ2) is 5.10. The molecule has 102 valence electrons. The summed E-state index contributed by atoms with van der Waals surface area (Å²) in [5.74, 6) is -0.532. The molecule has 1 saturated carbocycles. The Hall–Kier alpha value is -0.740. The van der Waals surface area contributed by atoms with E-state index in [1.54, 1.807) is 6.92 Å². The lowest BCUT2D eigenvalue weighted by Gasteiger charge is -2.51. The molecule has 0 aromatic rings. The molecular weight excluding hydrogens is 232 g/mol. The molecule has 0 radical (unpaired) electrons. The molecular formula is C14H22O4. The lowest BCUT2D eigenvalue weighted by atomic mass is 9.60. The van der Waals surface area contributed by atoms with Crippen LogP contribution in [0.5, 0.6) is 0 Å². The molecule has 1 aliphatic carbocycles. The van der Waals surface area contributed by atoms with E-state index in [0.717, 1.165) is 25.5 Å². The van der Waals surface area contributed by atoms with Crippen molar-refractivity contribution in [3.8, 4) is 0 Å². The topological polar surface area (TPSA) is 52.6 Å². The first-order valence-electron chi connectivity index (χ1n) is 6.78. The van der Waals surface area contributed by atoms with Gasteiger partial charge in [-0.3, -0.25) is 4.79 Å². The number of hydrogen-bond acceptors (Lipinski definition) is 4. The largest absolute Gasteiger partial charge is 0.347 e. The molecule has 2 aliphatic rings. The van der Waals surface area contributed by atoms with Gasteiger partial charge in [0, 0.05) is 24.2 Å². The minimum atomic E-state index is -0.648. The minimum absolute atomic E-state index is 0.0655. The second-order valence-electron chi connectivity index (χ2n) is 5.63. The quantitative estimate of drug-likeness (QED) is 0.721. The SMILES string of the molecule is CC(=O)[C@H]1CCCC2(OCCO2)[C@]1(C)CCC=O. The van der Waals surface area contributed by atoms with Gasteiger partial charge in [0.25, 0.3) is 0 Å². The third kappa shape index (κ3) is 2.01. The van der Waals surface area contributed by atoms with Crippen LogP contribution in [0.15, 0.2) is 0 Å². The van der Waals surface area contributed by atoms with Crippen molar-refractivity contribution < 1.29 is 19.1 Å². The van der Waals surface area contributed by atoms with Crippen molar-refractivity contribution in [3.05, 3.63) is 0 Å². The highest BCUT2D eigenvalue weighted by molar-refractivity contribution is 5.79. The van der Waals surface area contributed by atoms with E-state index in [0.29, 0.717) is 26.1 Å². The van der Waals surface area contributed by atoms with Crippen LogP contribution < -0.4 is 0 Å². The third-order valence-electron chi connectivity index (χ3n) is 4.66. The summed E-state index contributed by atoms with van der Waals surface area (Å²) in [6, 6.07) is 0. The highest BCUT2D eigenvalue weighted by Gasteiger charge is 2.59. The van der Waals surface area contributed by atoms with E-state index in [1.807, 2.05) is 6.92 Å². The van der Waals surface area contributed by atoms with Crippen molar-refractivity contribution >= 4 is 12.1 Å². The molecule has 1 spiro atoms. The zero-order valence-corrected chi connectivity index (χ0v) is 11.2. The fourth-order valence-electron chi connectivity index (χ4n) is 3.71. The van der Waals surface area contributed by atoms with Crippen LogP contribution in [-0.4, -0.2) is 31.1 Å². The zero-order chi connectivity index (χ0) is 13.2. The van der Waals surface area contributed by atoms with Gasteiger partial charge in [-0.1, -0.05) is 6.92 Å². The molecule has 0 unspecified atom stereocenters. The minimum Gasteiger partial charge on any atom is -0.347 e. The molecule has 2 fully saturated rings. The van der Waals surface area contributed by atoms with Crippen LogP contribution >= 0.6 is 0 Å². The Labute approximate surface area is 108 Å². The Bertz CT molecular complexity index is 333. The lowest BCUT2D eigenvalue weighted by Crippen LogP contribution is -2.56. The Morgan fingerprint density at radius 3 is 2.61 bits per heavy atom. The predicted octanol–water partition coefficient (Wildman–Crippen LogP) is 2.10. The number of Topliss-reactive ketones (excluding diaryl/α,β-unsaturated/α-hetero) is 1. The molecule has 1 heterocycles. The maximum atomic E-state index is 11.9. The molecule has 2 atom stereocenters. The van der Waals surface area contributed by atoms with Crippen LogP contribution in [0, 0.1) is 11.3 Å². The van der Waals surface area contributed by atoms with Gasteiger partial charge >= 0.3 is 0 Å². The van der Waals surface area contributed by atoms with Crippen LogP contribution in [-0.2, 0) is 19.1 Å². The summed E-state index contributed by atoms with van der Waals surface area (Å²) < 4.78 is 11.8. The fraction of sp³-hybridized carbons (Fsp3) is 0.857. The van der Waals surface area contributed by atoms with Crippen LogP contribution in [0.4, 0.5) is 0 Å². The smallest absolute Gasteiger partial charge is 0.174 e. The summed E-state index contributed by atoms with van der Waals surface area (Å²) in [7, 11) is 0. The van der Waals surface area contributed by atoms with Gasteiger partial charge in [0.2, 0.25) is 0 Å². The first-order chi connectivity index (χ1) is 8.56. The normalized spacial score (nSPS) is 34.7. The highest BCUT2D eigenvalue weighted by Crippen LogP contribution is 2.54. The number of aldehydes is 1. The Balaban J connectivity index is 2.32. The Kier molecular flexibility index (Phi) is 3.87. The first-order valence-corrected chi connectivity index (χ1v) is 6.78. The van der Waals surface area contributed by atoms with E-state index in [4.69, 9.17) is 9.47 Å². The Morgan fingerprint density at radius 1 is 1.39 bits per heavy atom. The average Bonchev–Trinajstić information content (AvgIpc) is 2.80. The summed E-state index contributed by atoms with van der Waals surface area (Å²) in [5, 5.41) is 0. The van der Waals surface area contributed by atoms with Gasteiger partial charge in [0.05, 0.1) is 13.2 Å². The van der Waals surface area contributed by atoms with Crippen LogP contribution in [0.1, 0.15) is 46.0 Å². The third-order valence-corrected chi connectivity index (χ3v) is 4.66. The number of rotatable bonds is 4. The number of ketones is 1. The van der Waals surface area contributed by atoms with Crippen LogP contribution in [0.2, 0.25) is 0 Å². The van der Waals surface area contributed by atoms with Crippen molar-refractivity contribution in [2.75, 3.05) is 13.2 Å². The van der Waals surface area contributed by atoms with E-state index in [-0.39, 0.29) is 17.1 Å². The van der Waals surface area contributed by atoms with Crippen molar-refractivity contribution in [1.29, 1.82) is 0 Å². The monoisotopic (exact) mass is 254 g/mol. The average molecular weight is 254 g/mol. The van der Waals surface area contributed by atoms with E-state index in [1.165, 1.54) is 0 Å². The molecule has 4 nitrogen and oxygen atoms in total. The van der Waals surface area contributed by atoms with Crippen molar-refractivity contribution in [3.63, 3.8) is 0 Å². The van der Waals surface area contributed by atoms with E-state index in [9.17, 15) is 9.59 Å². The molecule has 0 amide bonds. The first kappa shape index (κ1) is 13.7. The van der Waals surface area contributed by atoms with E-state index in [2.05, 4.69) is 0 Å². The number of hydrogen-bond donors (Lipinski definition) is 0. The van der Waals surface area contributed by atoms with Gasteiger partial charge in [-0.15, -0.1) is 0 Å². The van der Waals surface area contributed by atoms with Crippen LogP contribution in [0.3, 0.4) is 0 Å². The van der Waals surface area contributed by atoms with Crippen molar-refractivity contribution in [2.24, 2.45) is 11.3 Å². The summed E-state index contributed by atoms with van der Waals surface area (Å²) in [6.45, 7) is 4.85. The molecule has 1 saturated heterocycles. The summed E-state index contributed by atoms with van der Waals surface area (Å²) in [6.07, 6.45) is 4.67. The molecule has 2 rings (SSSR count). The summed E-state index contributed by atoms with van der Waals surface area (Å²) in [4.78, 5) is 22.6. The fourth-order valence-corrected chi connectivity index (χ4v) is 3.71. The van der Waals surface area contributed by atoms with Gasteiger partial charge in [-0.05, 0) is 26.2 Å². The molecule has 18 heavy (non-hydrogen) atoms. The molecule has 0 aromatic heterocycles. The molecule has 0 N–H and O–H groups in total. The molecule has 0 aromatic carbocycles. The van der Waals surface area contributed by atoms with E-state index >= 15 is 0 Å². The summed E-state index contributed by atoms with van der Waals surface area (Å²) in [5.41, 5.74) is -0.380. The lowest BCUT2D eigenvalue weighted by molar-refractivity contribution is -0.266. The summed E-state index contributed by atoms with van der Waals surface area (Å²) >= 11 is 0. The molecule has 1 aliphatic heterocycles. The van der Waals surface area contributed by atoms with Crippen LogP contribution in [0.25, 0.3) is 0 Å². The zero-order valence-electron chi connectivity index (χ0n) is 11.2. The number of ether oxygens (including phenoxy) is 2. The predicted molar refractivity (Wildman–Crippen MR) is 66.1 cm³/mol. The van der Waals surface area contributed by atoms with Gasteiger partial charge < -0.3 is 14.3 Å². The number of carbonyl (C=O) groups excluding carboxylic acids is 2. The van der Waals surface area contributed by atoms with Gasteiger partial charge in [0.15, 0.2) is 5.79 Å². The standard InChI is InChI=1S/C14H22O4/c1-11(16)12-5-3-7-14(17-9-10-18-14)13(12,2)6-4-8-15/h8,12H,3-7,9-10H2,1-2H3/t12-,13-/m1/s1. The van der Waals surface area contributed by atoms with Gasteiger partial charge in [0.1, 0.15) is 12.1 Å². The maximum Gasteiger partial charge on any atom is 0.174 e. The van der Waals surface area contributed by atoms with Crippen molar-refractivity contribution in [2.45, 2.75) is 51.7 Å². The molecule has 4 heteroatoms. The second-order valence-corrected chi connectivity index (χ2v) is 5.63. The van der Waals surface area contributed by atoms with E-state index < -0.39 is 5.79 Å².